The van der Waals surface area contributed by atoms with Gasteiger partial charge in [0.15, 0.2) is 12.4 Å². The maximum Gasteiger partial charge on any atom is 0.306 e. The average molecular weight is 1020 g/mol. The number of ether oxygens (including phenoxy) is 4. The number of carboxylic acids is 1. The number of likely N-dealkylation sites (N-methyl/N-ethyl adjacent to an activating group) is 1. The molecule has 0 aromatic heterocycles. The molecule has 0 amide bonds. The van der Waals surface area contributed by atoms with Crippen molar-refractivity contribution in [1.29, 1.82) is 0 Å². The van der Waals surface area contributed by atoms with Gasteiger partial charge in [-0.25, -0.2) is 0 Å². The Morgan fingerprint density at radius 3 is 1.10 bits per heavy atom. The lowest BCUT2D eigenvalue weighted by Crippen LogP contribution is -2.44. The standard InChI is InChI=1S/C64H107NO8/c1-6-8-10-12-14-16-18-20-22-24-26-28-29-30-31-32-33-35-37-39-41-43-45-47-49-51-53-55-62(67)73-60(59-72-64(63(68)69)70-57-56-65(3,4)5)58-71-61(66)54-52-50-48-46-44-42-40-38-36-34-27-25-23-21-19-17-15-13-11-9-7-2/h8-11,14-17,20-23,26-28,30-31,34,60,64H,6-7,12-13,18-19,24-25,29,32-33,35-59H2,1-5H3/b10-8-,11-9-,16-14-,17-15-,22-20-,23-21-,28-26-,31-30-,34-27-. The van der Waals surface area contributed by atoms with Crippen molar-refractivity contribution in [2.75, 3.05) is 47.5 Å². The van der Waals surface area contributed by atoms with Crippen LogP contribution >= 0.6 is 0 Å². The van der Waals surface area contributed by atoms with Crippen LogP contribution in [0, 0.1) is 0 Å². The topological polar surface area (TPSA) is 111 Å². The number of allylic oxidation sites excluding steroid dienone is 18. The lowest BCUT2D eigenvalue weighted by molar-refractivity contribution is -0.870. The normalized spacial score (nSPS) is 13.6. The molecule has 0 aliphatic carbocycles. The number of unbranched alkanes of at least 4 members (excludes halogenated alkanes) is 19. The van der Waals surface area contributed by atoms with Crippen LogP contribution in [0.15, 0.2) is 109 Å². The molecule has 0 aromatic rings. The molecule has 0 saturated heterocycles. The number of rotatable bonds is 52. The van der Waals surface area contributed by atoms with Gasteiger partial charge in [-0.3, -0.25) is 9.59 Å². The first-order valence-electron chi connectivity index (χ1n) is 29.0. The van der Waals surface area contributed by atoms with Crippen molar-refractivity contribution in [2.24, 2.45) is 0 Å². The van der Waals surface area contributed by atoms with Crippen molar-refractivity contribution in [3.05, 3.63) is 109 Å². The zero-order valence-electron chi connectivity index (χ0n) is 47.2. The smallest absolute Gasteiger partial charge is 0.306 e. The van der Waals surface area contributed by atoms with E-state index in [-0.39, 0.29) is 38.6 Å². The second kappa shape index (κ2) is 54.2. The Bertz CT molecular complexity index is 1560. The van der Waals surface area contributed by atoms with Gasteiger partial charge in [0.25, 0.3) is 0 Å². The summed E-state index contributed by atoms with van der Waals surface area (Å²) < 4.78 is 22.7. The van der Waals surface area contributed by atoms with Crippen molar-refractivity contribution in [3.8, 4) is 0 Å². The number of hydrogen-bond acceptors (Lipinski definition) is 8. The molecule has 9 heteroatoms. The molecule has 9 nitrogen and oxygen atoms in total. The number of carbonyl (C=O) groups excluding carboxylic acids is 3. The number of hydrogen-bond donors (Lipinski definition) is 0. The molecule has 0 bridgehead atoms. The summed E-state index contributed by atoms with van der Waals surface area (Å²) in [6.07, 6.45) is 71.3. The molecular weight excluding hydrogens is 911 g/mol. The van der Waals surface area contributed by atoms with Gasteiger partial charge in [0, 0.05) is 12.8 Å². The van der Waals surface area contributed by atoms with Crippen LogP contribution in [0.4, 0.5) is 0 Å². The summed E-state index contributed by atoms with van der Waals surface area (Å²) in [6.45, 7) is 4.50. The molecule has 0 heterocycles. The third-order valence-electron chi connectivity index (χ3n) is 12.0. The van der Waals surface area contributed by atoms with Gasteiger partial charge in [-0.15, -0.1) is 0 Å². The van der Waals surface area contributed by atoms with Gasteiger partial charge in [-0.05, 0) is 96.3 Å². The van der Waals surface area contributed by atoms with Crippen LogP contribution in [-0.2, 0) is 33.3 Å². The zero-order valence-corrected chi connectivity index (χ0v) is 47.2. The highest BCUT2D eigenvalue weighted by Gasteiger charge is 2.22. The molecule has 2 atom stereocenters. The molecular formula is C64H107NO8. The van der Waals surface area contributed by atoms with E-state index >= 15 is 0 Å². The van der Waals surface area contributed by atoms with E-state index in [1.165, 1.54) is 70.6 Å². The van der Waals surface area contributed by atoms with E-state index in [4.69, 9.17) is 18.9 Å². The summed E-state index contributed by atoms with van der Waals surface area (Å²) in [5.74, 6) is -2.31. The Balaban J connectivity index is 4.28. The third kappa shape index (κ3) is 55.5. The largest absolute Gasteiger partial charge is 0.545 e. The maximum absolute atomic E-state index is 12.9. The second-order valence-electron chi connectivity index (χ2n) is 20.2. The summed E-state index contributed by atoms with van der Waals surface area (Å²) in [5.41, 5.74) is 0. The second-order valence-corrected chi connectivity index (χ2v) is 20.2. The molecule has 0 N–H and O–H groups in total. The van der Waals surface area contributed by atoms with Crippen molar-refractivity contribution in [1.82, 2.24) is 0 Å². The van der Waals surface area contributed by atoms with Crippen molar-refractivity contribution < 1.29 is 42.9 Å². The summed E-state index contributed by atoms with van der Waals surface area (Å²) in [4.78, 5) is 37.3. The first-order valence-corrected chi connectivity index (χ1v) is 29.0. The predicted molar refractivity (Wildman–Crippen MR) is 306 cm³/mol. The van der Waals surface area contributed by atoms with Gasteiger partial charge in [0.1, 0.15) is 13.2 Å². The van der Waals surface area contributed by atoms with Crippen molar-refractivity contribution in [2.45, 2.75) is 232 Å². The molecule has 0 aliphatic rings. The molecule has 0 rings (SSSR count). The first kappa shape index (κ1) is 69.0. The van der Waals surface area contributed by atoms with Crippen LogP contribution in [-0.4, -0.2) is 82.3 Å². The first-order chi connectivity index (χ1) is 35.6. The molecule has 0 radical (unpaired) electrons. The molecule has 0 fully saturated rings. The summed E-state index contributed by atoms with van der Waals surface area (Å²) in [7, 11) is 5.91. The van der Waals surface area contributed by atoms with Gasteiger partial charge < -0.3 is 33.3 Å². The predicted octanol–water partition coefficient (Wildman–Crippen LogP) is 15.8. The van der Waals surface area contributed by atoms with Crippen LogP contribution in [0.5, 0.6) is 0 Å². The van der Waals surface area contributed by atoms with Gasteiger partial charge >= 0.3 is 11.9 Å². The van der Waals surface area contributed by atoms with E-state index in [0.717, 1.165) is 116 Å². The molecule has 416 valence electrons. The highest BCUT2D eigenvalue weighted by molar-refractivity contribution is 5.70. The monoisotopic (exact) mass is 1020 g/mol. The van der Waals surface area contributed by atoms with Crippen molar-refractivity contribution in [3.63, 3.8) is 0 Å². The fraction of sp³-hybridized carbons (Fsp3) is 0.672. The number of aliphatic carboxylic acids is 1. The number of carbonyl (C=O) groups is 3. The van der Waals surface area contributed by atoms with E-state index in [0.29, 0.717) is 17.4 Å². The number of nitrogens with zero attached hydrogens (tertiary/aromatic N) is 1. The Morgan fingerprint density at radius 2 is 0.740 bits per heavy atom. The third-order valence-corrected chi connectivity index (χ3v) is 12.0. The van der Waals surface area contributed by atoms with Crippen LogP contribution in [0.2, 0.25) is 0 Å². The Labute approximate surface area is 447 Å². The van der Waals surface area contributed by atoms with E-state index in [1.54, 1.807) is 0 Å². The SMILES string of the molecule is CC/C=C\C/C=C\C/C=C\C/C=C\C/C=C\CCCCCCCCCCCCCC(=O)OC(COC(=O)CCCCCCCCCC/C=C\C/C=C\C/C=C\C/C=C\CC)COC(OCC[N+](C)(C)C)C(=O)[O-]. The number of quaternary nitrogens is 1. The molecule has 0 saturated carbocycles. The van der Waals surface area contributed by atoms with E-state index < -0.39 is 24.3 Å². The summed E-state index contributed by atoms with van der Waals surface area (Å²) in [5, 5.41) is 11.8. The van der Waals surface area contributed by atoms with Crippen molar-refractivity contribution >= 4 is 17.9 Å². The minimum Gasteiger partial charge on any atom is -0.545 e. The molecule has 0 aliphatic heterocycles. The molecule has 0 spiro atoms. The lowest BCUT2D eigenvalue weighted by Gasteiger charge is -2.26. The summed E-state index contributed by atoms with van der Waals surface area (Å²) in [6, 6.07) is 0. The molecule has 73 heavy (non-hydrogen) atoms. The van der Waals surface area contributed by atoms with Gasteiger partial charge in [0.2, 0.25) is 0 Å². The van der Waals surface area contributed by atoms with Gasteiger partial charge in [0.05, 0.1) is 40.3 Å². The fourth-order valence-corrected chi connectivity index (χ4v) is 7.61. The van der Waals surface area contributed by atoms with Crippen LogP contribution in [0.25, 0.3) is 0 Å². The highest BCUT2D eigenvalue weighted by Crippen LogP contribution is 2.15. The average Bonchev–Trinajstić information content (AvgIpc) is 3.36. The number of esters is 2. The fourth-order valence-electron chi connectivity index (χ4n) is 7.61. The van der Waals surface area contributed by atoms with Crippen LogP contribution in [0.3, 0.4) is 0 Å². The quantitative estimate of drug-likeness (QED) is 0.0195. The summed E-state index contributed by atoms with van der Waals surface area (Å²) >= 11 is 0. The molecule has 0 aromatic carbocycles. The minimum absolute atomic E-state index is 0.140. The number of carboxylic acid groups (broad SMARTS) is 1. The van der Waals surface area contributed by atoms with Gasteiger partial charge in [-0.2, -0.15) is 0 Å². The van der Waals surface area contributed by atoms with E-state index in [2.05, 4.69) is 123 Å². The Hall–Kier alpha value is -4.05. The minimum atomic E-state index is -1.63. The van der Waals surface area contributed by atoms with E-state index in [1.807, 2.05) is 21.1 Å². The van der Waals surface area contributed by atoms with Crippen LogP contribution < -0.4 is 5.11 Å². The highest BCUT2D eigenvalue weighted by atomic mass is 16.7. The maximum atomic E-state index is 12.9. The molecule has 2 unspecified atom stereocenters. The van der Waals surface area contributed by atoms with Crippen LogP contribution in [0.1, 0.15) is 219 Å². The Morgan fingerprint density at radius 1 is 0.411 bits per heavy atom. The van der Waals surface area contributed by atoms with Gasteiger partial charge in [-0.1, -0.05) is 220 Å². The lowest BCUT2D eigenvalue weighted by atomic mass is 10.0. The Kier molecular flexibility index (Phi) is 51.2. The van der Waals surface area contributed by atoms with E-state index in [9.17, 15) is 19.5 Å². The zero-order chi connectivity index (χ0) is 53.4.